The predicted octanol–water partition coefficient (Wildman–Crippen LogP) is 0.331. The largest absolute Gasteiger partial charge is 0.481 e. The van der Waals surface area contributed by atoms with Crippen LogP contribution >= 0.6 is 15.6 Å². The number of anilines is 1. The molecule has 0 aliphatic carbocycles. The molecule has 0 bridgehead atoms. The molecule has 0 radical (unpaired) electrons. The van der Waals surface area contributed by atoms with Gasteiger partial charge in [-0.2, -0.15) is 9.29 Å². The minimum atomic E-state index is -4.95. The Labute approximate surface area is 140 Å². The van der Waals surface area contributed by atoms with E-state index < -0.39 is 46.4 Å². The summed E-state index contributed by atoms with van der Waals surface area (Å²) >= 11 is 0. The lowest BCUT2D eigenvalue weighted by Gasteiger charge is -2.18. The SMILES string of the molecule is COP(=O)(O)OP(=O)(O)OCC1CC(F)C(n2ccc(N)nc2=O)O1. The van der Waals surface area contributed by atoms with E-state index in [1.54, 1.807) is 0 Å². The van der Waals surface area contributed by atoms with Crippen LogP contribution in [0.4, 0.5) is 10.2 Å². The van der Waals surface area contributed by atoms with Crippen molar-refractivity contribution in [3.05, 3.63) is 22.7 Å². The second-order valence-electron chi connectivity index (χ2n) is 4.94. The Morgan fingerprint density at radius 1 is 1.48 bits per heavy atom. The molecule has 1 aromatic rings. The number of rotatable bonds is 7. The number of hydrogen-bond acceptors (Lipinski definition) is 9. The van der Waals surface area contributed by atoms with Gasteiger partial charge in [-0.3, -0.25) is 13.6 Å². The van der Waals surface area contributed by atoms with E-state index in [0.717, 1.165) is 11.7 Å². The van der Waals surface area contributed by atoms with E-state index >= 15 is 0 Å². The lowest BCUT2D eigenvalue weighted by Crippen LogP contribution is -2.30. The van der Waals surface area contributed by atoms with Crippen molar-refractivity contribution in [2.45, 2.75) is 24.9 Å². The Morgan fingerprint density at radius 2 is 2.16 bits per heavy atom. The maximum atomic E-state index is 14.1. The van der Waals surface area contributed by atoms with Crippen molar-refractivity contribution in [2.24, 2.45) is 0 Å². The van der Waals surface area contributed by atoms with E-state index in [4.69, 9.17) is 15.4 Å². The van der Waals surface area contributed by atoms with Crippen LogP contribution in [-0.2, 0) is 27.2 Å². The van der Waals surface area contributed by atoms with Crippen molar-refractivity contribution < 1.29 is 41.4 Å². The molecule has 0 amide bonds. The molecule has 0 spiro atoms. The van der Waals surface area contributed by atoms with Crippen LogP contribution in [0.2, 0.25) is 0 Å². The fourth-order valence-corrected chi connectivity index (χ4v) is 3.89. The Hall–Kier alpha value is -1.17. The Bertz CT molecular complexity index is 774. The van der Waals surface area contributed by atoms with Crippen molar-refractivity contribution >= 4 is 21.5 Å². The average Bonchev–Trinajstić information content (AvgIpc) is 2.85. The predicted molar refractivity (Wildman–Crippen MR) is 80.0 cm³/mol. The van der Waals surface area contributed by atoms with Gasteiger partial charge in [0.05, 0.1) is 12.7 Å². The first-order valence-electron chi connectivity index (χ1n) is 6.74. The van der Waals surface area contributed by atoms with E-state index in [1.165, 1.54) is 12.3 Å². The van der Waals surface area contributed by atoms with Crippen LogP contribution in [0.15, 0.2) is 17.1 Å². The van der Waals surface area contributed by atoms with Gasteiger partial charge < -0.3 is 20.3 Å². The van der Waals surface area contributed by atoms with Crippen LogP contribution in [0.5, 0.6) is 0 Å². The van der Waals surface area contributed by atoms with Gasteiger partial charge in [0.25, 0.3) is 0 Å². The normalized spacial score (nSPS) is 28.4. The van der Waals surface area contributed by atoms with Gasteiger partial charge in [-0.25, -0.2) is 18.3 Å². The van der Waals surface area contributed by atoms with Crippen molar-refractivity contribution in [1.82, 2.24) is 9.55 Å². The number of nitrogen functional groups attached to an aromatic ring is 1. The zero-order valence-corrected chi connectivity index (χ0v) is 14.6. The molecule has 1 aliphatic rings. The standard InChI is InChI=1S/C10H16FN3O9P2/c1-20-24(16,17)23-25(18,19)21-5-6-4-7(11)9(22-6)14-3-2-8(12)13-10(14)15/h2-3,6-7,9H,4-5H2,1H3,(H,16,17)(H,18,19)(H2,12,13,15). The van der Waals surface area contributed by atoms with E-state index in [9.17, 15) is 23.2 Å². The highest BCUT2D eigenvalue weighted by atomic mass is 31.3. The molecule has 0 saturated carbocycles. The number of halogens is 1. The van der Waals surface area contributed by atoms with E-state index in [1.807, 2.05) is 0 Å². The van der Waals surface area contributed by atoms with Gasteiger partial charge in [-0.15, -0.1) is 0 Å². The lowest BCUT2D eigenvalue weighted by atomic mass is 10.2. The molecule has 1 aromatic heterocycles. The molecule has 1 fully saturated rings. The van der Waals surface area contributed by atoms with Crippen LogP contribution in [0.3, 0.4) is 0 Å². The third-order valence-electron chi connectivity index (χ3n) is 3.12. The second-order valence-corrected chi connectivity index (χ2v) is 8.09. The third kappa shape index (κ3) is 5.40. The molecular formula is C10H16FN3O9P2. The minimum absolute atomic E-state index is 0.0421. The topological polar surface area (TPSA) is 172 Å². The van der Waals surface area contributed by atoms with Crippen molar-refractivity contribution in [3.63, 3.8) is 0 Å². The maximum Gasteiger partial charge on any atom is 0.481 e. The first-order valence-corrected chi connectivity index (χ1v) is 9.73. The lowest BCUT2D eigenvalue weighted by molar-refractivity contribution is -0.0388. The summed E-state index contributed by atoms with van der Waals surface area (Å²) in [6, 6.07) is 1.28. The summed E-state index contributed by atoms with van der Waals surface area (Å²) in [7, 11) is -8.92. The first kappa shape index (κ1) is 20.1. The van der Waals surface area contributed by atoms with Crippen molar-refractivity contribution in [1.29, 1.82) is 0 Å². The Kier molecular flexibility index (Phi) is 6.13. The summed E-state index contributed by atoms with van der Waals surface area (Å²) in [6.07, 6.45) is -3.03. The van der Waals surface area contributed by atoms with E-state index in [0.29, 0.717) is 0 Å². The molecule has 5 atom stereocenters. The second kappa shape index (κ2) is 7.60. The minimum Gasteiger partial charge on any atom is -0.383 e. The number of ether oxygens (including phenoxy) is 1. The van der Waals surface area contributed by atoms with Crippen LogP contribution in [0.1, 0.15) is 12.6 Å². The molecule has 5 unspecified atom stereocenters. The van der Waals surface area contributed by atoms with Crippen LogP contribution < -0.4 is 11.4 Å². The number of phosphoric ester groups is 2. The van der Waals surface area contributed by atoms with Gasteiger partial charge in [-0.1, -0.05) is 0 Å². The van der Waals surface area contributed by atoms with E-state index in [2.05, 4.69) is 18.3 Å². The molecule has 15 heteroatoms. The molecule has 4 N–H and O–H groups in total. The molecule has 2 heterocycles. The molecule has 25 heavy (non-hydrogen) atoms. The average molecular weight is 403 g/mol. The van der Waals surface area contributed by atoms with Crippen LogP contribution in [-0.4, -0.2) is 45.3 Å². The maximum absolute atomic E-state index is 14.1. The summed E-state index contributed by atoms with van der Waals surface area (Å²) in [6.45, 7) is -0.633. The molecule has 1 saturated heterocycles. The third-order valence-corrected chi connectivity index (χ3v) is 5.70. The highest BCUT2D eigenvalue weighted by molar-refractivity contribution is 7.61. The van der Waals surface area contributed by atoms with Gasteiger partial charge in [0, 0.05) is 19.7 Å². The quantitative estimate of drug-likeness (QED) is 0.536. The zero-order valence-electron chi connectivity index (χ0n) is 12.8. The number of nitrogens with two attached hydrogens (primary N) is 1. The monoisotopic (exact) mass is 403 g/mol. The summed E-state index contributed by atoms with van der Waals surface area (Å²) in [5.74, 6) is -0.0421. The fraction of sp³-hybridized carbons (Fsp3) is 0.600. The van der Waals surface area contributed by atoms with Crippen LogP contribution in [0, 0.1) is 0 Å². The molecular weight excluding hydrogens is 387 g/mol. The van der Waals surface area contributed by atoms with Gasteiger partial charge in [-0.05, 0) is 6.07 Å². The van der Waals surface area contributed by atoms with E-state index in [-0.39, 0.29) is 12.2 Å². The summed E-state index contributed by atoms with van der Waals surface area (Å²) in [5.41, 5.74) is 4.51. The smallest absolute Gasteiger partial charge is 0.383 e. The summed E-state index contributed by atoms with van der Waals surface area (Å²) in [4.78, 5) is 33.5. The first-order chi connectivity index (χ1) is 11.5. The molecule has 0 aromatic carbocycles. The number of phosphoric acid groups is 2. The number of nitrogens with zero attached hydrogens (tertiary/aromatic N) is 2. The van der Waals surface area contributed by atoms with Gasteiger partial charge in [0.15, 0.2) is 6.23 Å². The number of aromatic nitrogens is 2. The fourth-order valence-electron chi connectivity index (χ4n) is 2.04. The molecule has 142 valence electrons. The molecule has 1 aliphatic heterocycles. The molecule has 2 rings (SSSR count). The van der Waals surface area contributed by atoms with Crippen molar-refractivity contribution in [3.8, 4) is 0 Å². The molecule has 12 nitrogen and oxygen atoms in total. The van der Waals surface area contributed by atoms with Crippen LogP contribution in [0.25, 0.3) is 0 Å². The highest BCUT2D eigenvalue weighted by Gasteiger charge is 2.40. The van der Waals surface area contributed by atoms with Gasteiger partial charge in [0.2, 0.25) is 0 Å². The zero-order chi connectivity index (χ0) is 18.8. The highest BCUT2D eigenvalue weighted by Crippen LogP contribution is 2.60. The van der Waals surface area contributed by atoms with Gasteiger partial charge >= 0.3 is 21.3 Å². The van der Waals surface area contributed by atoms with Crippen molar-refractivity contribution in [2.75, 3.05) is 19.5 Å². The Balaban J connectivity index is 1.99. The summed E-state index contributed by atoms with van der Waals surface area (Å²) in [5, 5.41) is 0. The number of hydrogen-bond donors (Lipinski definition) is 3. The Morgan fingerprint density at radius 3 is 2.76 bits per heavy atom. The number of alkyl halides is 1. The van der Waals surface area contributed by atoms with Gasteiger partial charge in [0.1, 0.15) is 12.0 Å². The summed E-state index contributed by atoms with van der Waals surface area (Å²) < 4.78 is 55.3.